The molecule has 2 heterocycles. The molecule has 2 atom stereocenters. The minimum Gasteiger partial charge on any atom is -0.369 e. The van der Waals surface area contributed by atoms with Gasteiger partial charge in [0, 0.05) is 12.6 Å². The molecule has 0 spiro atoms. The van der Waals surface area contributed by atoms with Crippen LogP contribution < -0.4 is 5.73 Å². The van der Waals surface area contributed by atoms with Crippen molar-refractivity contribution >= 4 is 38.9 Å². The van der Waals surface area contributed by atoms with Crippen LogP contribution in [0.25, 0.3) is 0 Å². The van der Waals surface area contributed by atoms with Gasteiger partial charge in [0.05, 0.1) is 12.1 Å². The van der Waals surface area contributed by atoms with Gasteiger partial charge < -0.3 is 5.73 Å². The number of halogens is 1. The molecule has 0 bridgehead atoms. The molecule has 1 aliphatic heterocycles. The van der Waals surface area contributed by atoms with Gasteiger partial charge in [0.1, 0.15) is 0 Å². The van der Waals surface area contributed by atoms with Crippen molar-refractivity contribution in [1.82, 2.24) is 9.29 Å². The Bertz CT molecular complexity index is 587. The van der Waals surface area contributed by atoms with Crippen molar-refractivity contribution in [1.29, 1.82) is 0 Å². The third-order valence-electron chi connectivity index (χ3n) is 3.25. The molecule has 2 rings (SSSR count). The van der Waals surface area contributed by atoms with E-state index < -0.39 is 21.8 Å². The standard InChI is InChI=1S/C10H14ClN3O3S2/c1-6-2-3-7(9(12)15)5-14(6)19(16,17)8-4-13-10(11)18-8/h4,6-7H,2-3,5H2,1H3,(H2,12,15). The lowest BCUT2D eigenvalue weighted by Gasteiger charge is -2.35. The van der Waals surface area contributed by atoms with E-state index in [0.29, 0.717) is 12.8 Å². The molecule has 0 aliphatic carbocycles. The first-order valence-corrected chi connectivity index (χ1v) is 8.38. The minimum atomic E-state index is -3.66. The van der Waals surface area contributed by atoms with Gasteiger partial charge in [-0.1, -0.05) is 22.9 Å². The second kappa shape index (κ2) is 5.35. The average molecular weight is 324 g/mol. The number of sulfonamides is 1. The number of piperidine rings is 1. The molecule has 2 unspecified atom stereocenters. The Morgan fingerprint density at radius 3 is 2.79 bits per heavy atom. The van der Waals surface area contributed by atoms with Crippen molar-refractivity contribution in [3.63, 3.8) is 0 Å². The highest BCUT2D eigenvalue weighted by atomic mass is 35.5. The van der Waals surface area contributed by atoms with Gasteiger partial charge >= 0.3 is 0 Å². The summed E-state index contributed by atoms with van der Waals surface area (Å²) in [5, 5.41) is 0. The number of thiazole rings is 1. The number of primary amides is 1. The Morgan fingerprint density at radius 1 is 1.58 bits per heavy atom. The zero-order valence-corrected chi connectivity index (χ0v) is 12.6. The number of amides is 1. The summed E-state index contributed by atoms with van der Waals surface area (Å²) in [4.78, 5) is 15.0. The van der Waals surface area contributed by atoms with E-state index in [2.05, 4.69) is 4.98 Å². The number of nitrogens with zero attached hydrogens (tertiary/aromatic N) is 2. The van der Waals surface area contributed by atoms with E-state index >= 15 is 0 Å². The molecule has 19 heavy (non-hydrogen) atoms. The predicted octanol–water partition coefficient (Wildman–Crippen LogP) is 1.07. The van der Waals surface area contributed by atoms with Crippen molar-refractivity contribution in [2.24, 2.45) is 11.7 Å². The lowest BCUT2D eigenvalue weighted by molar-refractivity contribution is -0.123. The lowest BCUT2D eigenvalue weighted by Crippen LogP contribution is -2.48. The number of aromatic nitrogens is 1. The van der Waals surface area contributed by atoms with Gasteiger partial charge in [0.2, 0.25) is 5.91 Å². The topological polar surface area (TPSA) is 93.4 Å². The van der Waals surface area contributed by atoms with Crippen molar-refractivity contribution in [2.45, 2.75) is 30.0 Å². The highest BCUT2D eigenvalue weighted by Gasteiger charge is 2.37. The highest BCUT2D eigenvalue weighted by molar-refractivity contribution is 7.91. The first kappa shape index (κ1) is 14.7. The summed E-state index contributed by atoms with van der Waals surface area (Å²) >= 11 is 6.58. The highest BCUT2D eigenvalue weighted by Crippen LogP contribution is 2.31. The molecular formula is C10H14ClN3O3S2. The Balaban J connectivity index is 2.30. The second-order valence-corrected chi connectivity index (χ2v) is 8.26. The maximum Gasteiger partial charge on any atom is 0.254 e. The van der Waals surface area contributed by atoms with Crippen LogP contribution in [0.5, 0.6) is 0 Å². The fraction of sp³-hybridized carbons (Fsp3) is 0.600. The molecule has 0 saturated carbocycles. The van der Waals surface area contributed by atoms with Crippen LogP contribution in [0.3, 0.4) is 0 Å². The normalized spacial score (nSPS) is 25.4. The molecule has 1 aliphatic rings. The summed E-state index contributed by atoms with van der Waals surface area (Å²) in [5.74, 6) is -0.899. The summed E-state index contributed by atoms with van der Waals surface area (Å²) in [5.41, 5.74) is 5.27. The Labute approximate surface area is 120 Å². The smallest absolute Gasteiger partial charge is 0.254 e. The number of hydrogen-bond donors (Lipinski definition) is 1. The van der Waals surface area contributed by atoms with Crippen LogP contribution in [0.2, 0.25) is 4.47 Å². The molecule has 1 aromatic heterocycles. The quantitative estimate of drug-likeness (QED) is 0.900. The molecule has 1 fully saturated rings. The molecule has 1 amide bonds. The first-order valence-electron chi connectivity index (χ1n) is 5.75. The van der Waals surface area contributed by atoms with Gasteiger partial charge in [-0.15, -0.1) is 0 Å². The van der Waals surface area contributed by atoms with Crippen LogP contribution >= 0.6 is 22.9 Å². The van der Waals surface area contributed by atoms with E-state index in [0.717, 1.165) is 11.3 Å². The summed E-state index contributed by atoms with van der Waals surface area (Å²) in [7, 11) is -3.66. The van der Waals surface area contributed by atoms with Gasteiger partial charge in [-0.25, -0.2) is 13.4 Å². The molecule has 0 aromatic carbocycles. The molecule has 6 nitrogen and oxygen atoms in total. The summed E-state index contributed by atoms with van der Waals surface area (Å²) in [6.07, 6.45) is 2.47. The molecule has 1 saturated heterocycles. The zero-order chi connectivity index (χ0) is 14.2. The van der Waals surface area contributed by atoms with Crippen LogP contribution in [0, 0.1) is 5.92 Å². The van der Waals surface area contributed by atoms with Gasteiger partial charge in [0.15, 0.2) is 8.68 Å². The molecule has 9 heteroatoms. The second-order valence-electron chi connectivity index (χ2n) is 4.53. The zero-order valence-electron chi connectivity index (χ0n) is 10.2. The summed E-state index contributed by atoms with van der Waals surface area (Å²) in [6.45, 7) is 1.94. The minimum absolute atomic E-state index is 0.0921. The average Bonchev–Trinajstić information content (AvgIpc) is 2.76. The Hall–Kier alpha value is -0.700. The molecular weight excluding hydrogens is 310 g/mol. The van der Waals surface area contributed by atoms with E-state index in [-0.39, 0.29) is 21.3 Å². The number of nitrogens with two attached hydrogens (primary N) is 1. The number of carbonyl (C=O) groups is 1. The molecule has 0 radical (unpaired) electrons. The monoisotopic (exact) mass is 323 g/mol. The van der Waals surface area contributed by atoms with Crippen LogP contribution in [-0.2, 0) is 14.8 Å². The maximum atomic E-state index is 12.5. The van der Waals surface area contributed by atoms with Crippen molar-refractivity contribution < 1.29 is 13.2 Å². The Morgan fingerprint density at radius 2 is 2.26 bits per heavy atom. The van der Waals surface area contributed by atoms with E-state index in [9.17, 15) is 13.2 Å². The lowest BCUT2D eigenvalue weighted by atomic mass is 9.95. The summed E-state index contributed by atoms with van der Waals surface area (Å²) < 4.78 is 26.5. The van der Waals surface area contributed by atoms with Crippen LogP contribution in [0.1, 0.15) is 19.8 Å². The van der Waals surface area contributed by atoms with Crippen LogP contribution in [0.15, 0.2) is 10.4 Å². The van der Waals surface area contributed by atoms with Gasteiger partial charge in [-0.2, -0.15) is 4.31 Å². The fourth-order valence-corrected chi connectivity index (χ4v) is 5.25. The van der Waals surface area contributed by atoms with E-state index in [1.54, 1.807) is 0 Å². The SMILES string of the molecule is CC1CCC(C(N)=O)CN1S(=O)(=O)c1cnc(Cl)s1. The number of hydrogen-bond acceptors (Lipinski definition) is 5. The van der Waals surface area contributed by atoms with Crippen molar-refractivity contribution in [2.75, 3.05) is 6.54 Å². The van der Waals surface area contributed by atoms with E-state index in [1.165, 1.54) is 10.5 Å². The van der Waals surface area contributed by atoms with Gasteiger partial charge in [-0.3, -0.25) is 4.79 Å². The van der Waals surface area contributed by atoms with Gasteiger partial charge in [0.25, 0.3) is 10.0 Å². The molecule has 1 aromatic rings. The summed E-state index contributed by atoms with van der Waals surface area (Å²) in [6, 6.07) is -0.165. The third kappa shape index (κ3) is 2.91. The van der Waals surface area contributed by atoms with Crippen LogP contribution in [-0.4, -0.2) is 36.2 Å². The van der Waals surface area contributed by atoms with E-state index in [1.807, 2.05) is 6.92 Å². The first-order chi connectivity index (χ1) is 8.82. The number of carbonyl (C=O) groups excluding carboxylic acids is 1. The fourth-order valence-electron chi connectivity index (χ4n) is 2.12. The Kier molecular flexibility index (Phi) is 4.14. The third-order valence-corrected chi connectivity index (χ3v) is 6.78. The van der Waals surface area contributed by atoms with Gasteiger partial charge in [-0.05, 0) is 19.8 Å². The molecule has 106 valence electrons. The largest absolute Gasteiger partial charge is 0.369 e. The van der Waals surface area contributed by atoms with Crippen LogP contribution in [0.4, 0.5) is 0 Å². The van der Waals surface area contributed by atoms with Crippen molar-refractivity contribution in [3.8, 4) is 0 Å². The molecule has 2 N–H and O–H groups in total. The predicted molar refractivity (Wildman–Crippen MR) is 72.4 cm³/mol. The number of rotatable bonds is 3. The maximum absolute atomic E-state index is 12.5. The van der Waals surface area contributed by atoms with E-state index in [4.69, 9.17) is 17.3 Å². The van der Waals surface area contributed by atoms with Crippen molar-refractivity contribution in [3.05, 3.63) is 10.7 Å².